The van der Waals surface area contributed by atoms with Gasteiger partial charge in [0.25, 0.3) is 5.69 Å². The van der Waals surface area contributed by atoms with E-state index in [2.05, 4.69) is 86.7 Å². The topological polar surface area (TPSA) is 310 Å². The molecular weight excluding hydrogens is 1240 g/mol. The third-order valence-electron chi connectivity index (χ3n) is 14.8. The number of hydrogen-bond donors (Lipinski definition) is 4. The molecule has 4 N–H and O–H groups in total. The summed E-state index contributed by atoms with van der Waals surface area (Å²) < 4.78 is 60.2. The molecule has 0 aliphatic heterocycles. The third-order valence-corrected chi connectivity index (χ3v) is 14.8. The molecule has 0 aromatic heterocycles. The molecule has 0 saturated heterocycles. The van der Waals surface area contributed by atoms with E-state index in [4.69, 9.17) is 57.6 Å². The Bertz CT molecular complexity index is 3200. The van der Waals surface area contributed by atoms with Crippen molar-refractivity contribution >= 4 is 35.3 Å². The number of carbonyl (C=O) groups is 4. The van der Waals surface area contributed by atoms with E-state index in [9.17, 15) is 29.3 Å². The number of carbonyl (C=O) groups excluding carboxylic acids is 4. The Balaban J connectivity index is 0.948. The van der Waals surface area contributed by atoms with Crippen molar-refractivity contribution in [3.05, 3.63) is 217 Å². The van der Waals surface area contributed by atoms with Crippen molar-refractivity contribution in [3.8, 4) is 5.75 Å². The molecule has 0 heterocycles. The van der Waals surface area contributed by atoms with Crippen molar-refractivity contribution < 1.29 is 76.2 Å². The highest BCUT2D eigenvalue weighted by molar-refractivity contribution is 5.99. The van der Waals surface area contributed by atoms with Crippen LogP contribution in [-0.2, 0) is 80.3 Å². The van der Waals surface area contributed by atoms with Crippen LogP contribution in [0.1, 0.15) is 64.6 Å². The lowest BCUT2D eigenvalue weighted by atomic mass is 9.76. The van der Waals surface area contributed by atoms with Gasteiger partial charge in [0.15, 0.2) is 0 Å². The summed E-state index contributed by atoms with van der Waals surface area (Å²) in [4.78, 5) is 68.4. The zero-order valence-corrected chi connectivity index (χ0v) is 54.8. The molecule has 0 unspecified atom stereocenters. The molecule has 96 heavy (non-hydrogen) atoms. The number of anilines is 1. The first-order valence-electron chi connectivity index (χ1n) is 32.2. The van der Waals surface area contributed by atoms with Gasteiger partial charge >= 0.3 is 6.16 Å². The van der Waals surface area contributed by atoms with Gasteiger partial charge in [0, 0.05) is 42.1 Å². The molecule has 0 aliphatic carbocycles. The second-order valence-corrected chi connectivity index (χ2v) is 21.9. The number of non-ortho nitro benzene ring substituents is 1. The minimum atomic E-state index is -1.05. The van der Waals surface area contributed by atoms with Gasteiger partial charge in [-0.15, -0.1) is 0 Å². The molecule has 6 aromatic carbocycles. The number of unbranched alkanes of at least 4 members (excludes halogenated alkanes) is 1. The summed E-state index contributed by atoms with van der Waals surface area (Å²) in [6.45, 7) is 11.3. The summed E-state index contributed by atoms with van der Waals surface area (Å²) in [7, 11) is 0. The number of aryl methyl sites for hydroxylation is 2. The van der Waals surface area contributed by atoms with E-state index in [-0.39, 0.29) is 57.1 Å². The number of benzene rings is 6. The van der Waals surface area contributed by atoms with Gasteiger partial charge in [-0.1, -0.05) is 138 Å². The van der Waals surface area contributed by atoms with Crippen LogP contribution >= 0.6 is 0 Å². The van der Waals surface area contributed by atoms with Gasteiger partial charge in [-0.05, 0) is 96.8 Å². The second kappa shape index (κ2) is 45.6. The van der Waals surface area contributed by atoms with Crippen LogP contribution < -0.4 is 26.0 Å². The largest absolute Gasteiger partial charge is 0.514 e. The van der Waals surface area contributed by atoms with Gasteiger partial charge in [-0.25, -0.2) is 4.79 Å². The third kappa shape index (κ3) is 29.1. The van der Waals surface area contributed by atoms with Crippen molar-refractivity contribution in [2.24, 2.45) is 5.11 Å². The van der Waals surface area contributed by atoms with E-state index in [0.29, 0.717) is 142 Å². The second-order valence-electron chi connectivity index (χ2n) is 21.9. The summed E-state index contributed by atoms with van der Waals surface area (Å²) >= 11 is 0. The van der Waals surface area contributed by atoms with Crippen molar-refractivity contribution in [2.75, 3.05) is 137 Å². The van der Waals surface area contributed by atoms with Crippen LogP contribution in [0.15, 0.2) is 163 Å². The van der Waals surface area contributed by atoms with E-state index >= 15 is 0 Å². The Kier molecular flexibility index (Phi) is 36.3. The summed E-state index contributed by atoms with van der Waals surface area (Å²) in [5.41, 5.74) is 14.1. The van der Waals surface area contributed by atoms with E-state index < -0.39 is 46.4 Å². The van der Waals surface area contributed by atoms with Crippen LogP contribution in [0.3, 0.4) is 0 Å². The number of nitrogens with zero attached hydrogens (tertiary/aromatic N) is 4. The fraction of sp³-hybridized carbons (Fsp3) is 0.437. The Hall–Kier alpha value is -8.69. The van der Waals surface area contributed by atoms with Crippen molar-refractivity contribution in [1.29, 1.82) is 0 Å². The van der Waals surface area contributed by atoms with E-state index in [1.165, 1.54) is 24.3 Å². The summed E-state index contributed by atoms with van der Waals surface area (Å²) in [6, 6.07) is 46.4. The predicted molar refractivity (Wildman–Crippen MR) is 360 cm³/mol. The molecule has 0 fully saturated rings. The van der Waals surface area contributed by atoms with Crippen molar-refractivity contribution in [1.82, 2.24) is 16.0 Å². The molecule has 6 rings (SSSR count). The smallest absolute Gasteiger partial charge is 0.429 e. The molecule has 516 valence electrons. The van der Waals surface area contributed by atoms with E-state index in [1.807, 2.05) is 66.7 Å². The number of nitro groups is 1. The summed E-state index contributed by atoms with van der Waals surface area (Å²) in [6.07, 6.45) is 0.468. The Labute approximate surface area is 560 Å². The number of ether oxygens (including phenoxy) is 11. The first-order chi connectivity index (χ1) is 46.9. The summed E-state index contributed by atoms with van der Waals surface area (Å²) in [5.74, 6) is -1.37. The number of rotatable bonds is 50. The summed E-state index contributed by atoms with van der Waals surface area (Å²) in [5, 5.41) is 27.3. The zero-order valence-electron chi connectivity index (χ0n) is 54.8. The van der Waals surface area contributed by atoms with Crippen LogP contribution in [0.4, 0.5) is 16.2 Å². The molecule has 0 spiro atoms. The molecule has 0 radical (unpaired) electrons. The Morgan fingerprint density at radius 3 is 1.53 bits per heavy atom. The van der Waals surface area contributed by atoms with Gasteiger partial charge in [-0.3, -0.25) is 29.8 Å². The normalized spacial score (nSPS) is 11.9. The maximum atomic E-state index is 14.6. The van der Waals surface area contributed by atoms with Crippen molar-refractivity contribution in [3.63, 3.8) is 0 Å². The number of nitro benzene ring substituents is 1. The quantitative estimate of drug-likeness (QED) is 0.00318. The fourth-order valence-electron chi connectivity index (χ4n) is 9.86. The minimum absolute atomic E-state index is 0.0375. The van der Waals surface area contributed by atoms with Gasteiger partial charge in [0.1, 0.15) is 24.4 Å². The number of azide groups is 1. The molecule has 6 aromatic rings. The van der Waals surface area contributed by atoms with Crippen molar-refractivity contribution in [2.45, 2.75) is 70.2 Å². The van der Waals surface area contributed by atoms with Gasteiger partial charge in [0.05, 0.1) is 129 Å². The van der Waals surface area contributed by atoms with Crippen LogP contribution in [0.25, 0.3) is 10.4 Å². The number of nitrogens with one attached hydrogen (secondary N) is 4. The highest BCUT2D eigenvalue weighted by Gasteiger charge is 2.36. The molecule has 0 bridgehead atoms. The molecule has 25 heteroatoms. The molecule has 3 amide bonds. The van der Waals surface area contributed by atoms with E-state index in [0.717, 1.165) is 27.8 Å². The zero-order chi connectivity index (χ0) is 68.1. The highest BCUT2D eigenvalue weighted by atomic mass is 16.7. The lowest BCUT2D eigenvalue weighted by molar-refractivity contribution is -0.384. The Morgan fingerprint density at radius 2 is 1.03 bits per heavy atom. The average molecular weight is 1330 g/mol. The number of amides is 3. The Morgan fingerprint density at radius 1 is 0.542 bits per heavy atom. The van der Waals surface area contributed by atoms with Crippen LogP contribution in [-0.4, -0.2) is 173 Å². The highest BCUT2D eigenvalue weighted by Crippen LogP contribution is 2.37. The molecular formula is C71H90N8O17. The molecule has 0 aliphatic rings. The van der Waals surface area contributed by atoms with Gasteiger partial charge in [-0.2, -0.15) is 0 Å². The maximum Gasteiger partial charge on any atom is 0.514 e. The number of hydrogen-bond acceptors (Lipinski definition) is 19. The van der Waals surface area contributed by atoms with Gasteiger partial charge < -0.3 is 68.1 Å². The fourth-order valence-corrected chi connectivity index (χ4v) is 9.86. The molecule has 25 nitrogen and oxygen atoms in total. The van der Waals surface area contributed by atoms with Gasteiger partial charge in [0.2, 0.25) is 17.7 Å². The monoisotopic (exact) mass is 1330 g/mol. The van der Waals surface area contributed by atoms with E-state index in [1.54, 1.807) is 25.1 Å². The maximum absolute atomic E-state index is 14.6. The lowest BCUT2D eigenvalue weighted by Gasteiger charge is -2.37. The first-order valence-corrected chi connectivity index (χ1v) is 32.2. The SMILES string of the molecule is Cc1ccc(C(NCCCC[C@H](NC(=O)[C@H](Cc2ccccc2)NC(=O)CCOCCOCCOCCOCCOCCOCCOCCOCCOCCN=[N+]=[N-])C(=O)Nc2ccc(COC(=O)Oc3ccc([N+](=O)[O-])cc3)cc2C)(c2ccccc2)c2ccccc2)cc1. The van der Waals surface area contributed by atoms with Crippen LogP contribution in [0.2, 0.25) is 0 Å². The van der Waals surface area contributed by atoms with Crippen LogP contribution in [0.5, 0.6) is 5.75 Å². The van der Waals surface area contributed by atoms with Crippen LogP contribution in [0, 0.1) is 24.0 Å². The average Bonchev–Trinajstić information content (AvgIpc) is 0.759. The predicted octanol–water partition coefficient (Wildman–Crippen LogP) is 9.68. The lowest BCUT2D eigenvalue weighted by Crippen LogP contribution is -2.53. The minimum Gasteiger partial charge on any atom is -0.429 e. The first kappa shape index (κ1) is 76.3. The molecule has 0 saturated carbocycles. The molecule has 2 atom stereocenters. The standard InChI is InChI=1S/C71H90N8O17/c1-55-21-24-61(25-22-55)71(59-16-8-4-9-17-59,60-18-10-5-11-19-60)73-32-13-12-20-65(68(81)76-64-30-23-58(52-56(64)2)54-95-70(83)96-63-28-26-62(27-29-63)79(84)85)77-69(82)66(53-57-14-6-3-7-15-57)75-67(80)31-34-86-36-38-88-40-42-90-44-46-92-48-50-94-51-49-93-47-45-91-43-41-89-39-37-87-35-33-74-78-72/h3-11,14-19,21-30,52,65-66,73H,12-13,20,31-51,53-54H2,1-2H3,(H,75,80)(H,76,81)(H,77,82)/t65-,66-/m0/s1.